The van der Waals surface area contributed by atoms with Crippen LogP contribution in [0.4, 0.5) is 0 Å². The van der Waals surface area contributed by atoms with Gasteiger partial charge in [-0.3, -0.25) is 0 Å². The van der Waals surface area contributed by atoms with Crippen LogP contribution in [0.1, 0.15) is 58.1 Å². The van der Waals surface area contributed by atoms with Crippen molar-refractivity contribution in [3.05, 3.63) is 47.5 Å². The summed E-state index contributed by atoms with van der Waals surface area (Å²) < 4.78 is 0. The fraction of sp³-hybridized carbons (Fsp3) is 0.412. The Balaban J connectivity index is 0.00000144. The lowest BCUT2D eigenvalue weighted by molar-refractivity contribution is 0.854. The Morgan fingerprint density at radius 2 is 1.12 bits per heavy atom. The molecule has 2 rings (SSSR count). The van der Waals surface area contributed by atoms with Gasteiger partial charge in [-0.25, -0.2) is 0 Å². The molecule has 0 radical (unpaired) electrons. The highest BCUT2D eigenvalue weighted by molar-refractivity contribution is 5.89. The first-order chi connectivity index (χ1) is 7.61. The van der Waals surface area contributed by atoms with Gasteiger partial charge in [0, 0.05) is 0 Å². The van der Waals surface area contributed by atoms with Gasteiger partial charge < -0.3 is 0 Å². The zero-order chi connectivity index (χ0) is 11.7. The van der Waals surface area contributed by atoms with Crippen LogP contribution >= 0.6 is 0 Å². The third-order valence-corrected chi connectivity index (χ3v) is 3.21. The Morgan fingerprint density at radius 3 is 1.47 bits per heavy atom. The Bertz CT molecular complexity index is 450. The second-order valence-electron chi connectivity index (χ2n) is 5.10. The monoisotopic (exact) mass is 228 g/mol. The highest BCUT2D eigenvalue weighted by Crippen LogP contribution is 2.31. The van der Waals surface area contributed by atoms with Crippen LogP contribution in [-0.4, -0.2) is 0 Å². The molecule has 2 aromatic rings. The zero-order valence-corrected chi connectivity index (χ0v) is 10.6. The second kappa shape index (κ2) is 5.35. The minimum absolute atomic E-state index is 0. The molecule has 0 N–H and O–H groups in total. The average molecular weight is 228 g/mol. The Labute approximate surface area is 106 Å². The fourth-order valence-corrected chi connectivity index (χ4v) is 2.36. The fourth-order valence-electron chi connectivity index (χ4n) is 2.36. The predicted octanol–water partition coefficient (Wildman–Crippen LogP) is 5.72. The molecule has 0 unspecified atom stereocenters. The molecule has 0 aromatic heterocycles. The summed E-state index contributed by atoms with van der Waals surface area (Å²) in [5, 5.41) is 2.84. The molecule has 0 spiro atoms. The molecule has 0 fully saturated rings. The van der Waals surface area contributed by atoms with Gasteiger partial charge >= 0.3 is 0 Å². The van der Waals surface area contributed by atoms with Crippen LogP contribution in [0.3, 0.4) is 0 Å². The first-order valence-corrected chi connectivity index (χ1v) is 6.12. The molecule has 17 heavy (non-hydrogen) atoms. The van der Waals surface area contributed by atoms with Gasteiger partial charge in [0.1, 0.15) is 0 Å². The van der Waals surface area contributed by atoms with Crippen molar-refractivity contribution in [2.24, 2.45) is 0 Å². The van der Waals surface area contributed by atoms with E-state index in [0.717, 1.165) is 0 Å². The summed E-state index contributed by atoms with van der Waals surface area (Å²) in [7, 11) is 0. The lowest BCUT2D eigenvalue weighted by atomic mass is 9.89. The molecule has 0 aliphatic rings. The van der Waals surface area contributed by atoms with E-state index in [1.54, 1.807) is 0 Å². The lowest BCUT2D eigenvalue weighted by Gasteiger charge is -2.16. The summed E-state index contributed by atoms with van der Waals surface area (Å²) >= 11 is 0. The van der Waals surface area contributed by atoms with Crippen LogP contribution in [0.5, 0.6) is 0 Å². The highest BCUT2D eigenvalue weighted by Gasteiger charge is 2.10. The summed E-state index contributed by atoms with van der Waals surface area (Å²) in [6, 6.07) is 13.3. The number of fused-ring (bicyclic) bond motifs is 1. The Kier molecular flexibility index (Phi) is 4.34. The Hall–Kier alpha value is -1.30. The number of hydrogen-bond acceptors (Lipinski definition) is 0. The van der Waals surface area contributed by atoms with Crippen LogP contribution in [-0.2, 0) is 0 Å². The molecule has 0 atom stereocenters. The molecular formula is C17H24. The smallest absolute Gasteiger partial charge is 0.0115 e. The van der Waals surface area contributed by atoms with E-state index in [1.165, 1.54) is 21.9 Å². The van der Waals surface area contributed by atoms with E-state index in [0.29, 0.717) is 11.8 Å². The van der Waals surface area contributed by atoms with Crippen molar-refractivity contribution in [3.8, 4) is 0 Å². The molecule has 0 aliphatic heterocycles. The van der Waals surface area contributed by atoms with Crippen LogP contribution in [0.25, 0.3) is 10.8 Å². The van der Waals surface area contributed by atoms with E-state index in [4.69, 9.17) is 0 Å². The minimum Gasteiger partial charge on any atom is -0.0776 e. The summed E-state index contributed by atoms with van der Waals surface area (Å²) in [6.07, 6.45) is 0. The third-order valence-electron chi connectivity index (χ3n) is 3.21. The molecule has 0 heteroatoms. The van der Waals surface area contributed by atoms with Crippen molar-refractivity contribution in [1.29, 1.82) is 0 Å². The summed E-state index contributed by atoms with van der Waals surface area (Å²) in [6.45, 7) is 9.08. The van der Waals surface area contributed by atoms with E-state index >= 15 is 0 Å². The van der Waals surface area contributed by atoms with Crippen molar-refractivity contribution >= 4 is 10.8 Å². The molecule has 92 valence electrons. The normalized spacial score (nSPS) is 10.9. The van der Waals surface area contributed by atoms with E-state index < -0.39 is 0 Å². The van der Waals surface area contributed by atoms with Gasteiger partial charge in [0.2, 0.25) is 0 Å². The van der Waals surface area contributed by atoms with Gasteiger partial charge in [-0.1, -0.05) is 71.5 Å². The van der Waals surface area contributed by atoms with Gasteiger partial charge in [-0.15, -0.1) is 0 Å². The van der Waals surface area contributed by atoms with Crippen molar-refractivity contribution < 1.29 is 0 Å². The minimum atomic E-state index is 0. The van der Waals surface area contributed by atoms with Crippen LogP contribution < -0.4 is 0 Å². The number of rotatable bonds is 2. The molecule has 2 aromatic carbocycles. The number of hydrogen-bond donors (Lipinski definition) is 0. The van der Waals surface area contributed by atoms with Crippen molar-refractivity contribution in [1.82, 2.24) is 0 Å². The van der Waals surface area contributed by atoms with Crippen molar-refractivity contribution in [2.45, 2.75) is 47.0 Å². The predicted molar refractivity (Wildman–Crippen MR) is 78.9 cm³/mol. The summed E-state index contributed by atoms with van der Waals surface area (Å²) in [4.78, 5) is 0. The van der Waals surface area contributed by atoms with Crippen LogP contribution in [0, 0.1) is 0 Å². The molecule has 0 aliphatic carbocycles. The van der Waals surface area contributed by atoms with Gasteiger partial charge in [0.15, 0.2) is 0 Å². The standard InChI is InChI=1S/C16H20.CH4/c1-11(2)14-9-5-7-13-8-6-10-15(12(3)4)16(13)14;/h5-12H,1-4H3;1H4. The molecule has 0 bridgehead atoms. The quantitative estimate of drug-likeness (QED) is 0.616. The molecule has 0 saturated heterocycles. The molecular weight excluding hydrogens is 204 g/mol. The molecule has 0 saturated carbocycles. The second-order valence-corrected chi connectivity index (χ2v) is 5.10. The molecule has 0 heterocycles. The maximum atomic E-state index is 2.27. The van der Waals surface area contributed by atoms with Crippen molar-refractivity contribution in [3.63, 3.8) is 0 Å². The highest BCUT2D eigenvalue weighted by atomic mass is 14.1. The first-order valence-electron chi connectivity index (χ1n) is 6.12. The first kappa shape index (κ1) is 13.8. The maximum Gasteiger partial charge on any atom is -0.0115 e. The van der Waals surface area contributed by atoms with E-state index in [2.05, 4.69) is 64.1 Å². The van der Waals surface area contributed by atoms with Crippen LogP contribution in [0.2, 0.25) is 0 Å². The average Bonchev–Trinajstić information content (AvgIpc) is 2.27. The van der Waals surface area contributed by atoms with E-state index in [-0.39, 0.29) is 7.43 Å². The topological polar surface area (TPSA) is 0 Å². The maximum absolute atomic E-state index is 2.27. The van der Waals surface area contributed by atoms with E-state index in [9.17, 15) is 0 Å². The zero-order valence-electron chi connectivity index (χ0n) is 10.6. The van der Waals surface area contributed by atoms with Gasteiger partial charge in [0.05, 0.1) is 0 Å². The van der Waals surface area contributed by atoms with E-state index in [1.807, 2.05) is 0 Å². The molecule has 0 amide bonds. The summed E-state index contributed by atoms with van der Waals surface area (Å²) in [5.74, 6) is 1.17. The Morgan fingerprint density at radius 1 is 0.706 bits per heavy atom. The molecule has 0 nitrogen and oxygen atoms in total. The SMILES string of the molecule is C.CC(C)c1cccc2cccc(C(C)C)c12. The number of benzene rings is 2. The largest absolute Gasteiger partial charge is 0.0776 e. The lowest BCUT2D eigenvalue weighted by Crippen LogP contribution is -1.95. The van der Waals surface area contributed by atoms with Crippen molar-refractivity contribution in [2.75, 3.05) is 0 Å². The summed E-state index contributed by atoms with van der Waals surface area (Å²) in [5.41, 5.74) is 2.95. The van der Waals surface area contributed by atoms with Crippen LogP contribution in [0.15, 0.2) is 36.4 Å². The van der Waals surface area contributed by atoms with Gasteiger partial charge in [-0.2, -0.15) is 0 Å². The van der Waals surface area contributed by atoms with Gasteiger partial charge in [-0.05, 0) is 33.7 Å². The van der Waals surface area contributed by atoms with Gasteiger partial charge in [0.25, 0.3) is 0 Å². The third kappa shape index (κ3) is 2.52.